The van der Waals surface area contributed by atoms with E-state index < -0.39 is 52.2 Å². The summed E-state index contributed by atoms with van der Waals surface area (Å²) in [4.78, 5) is 13.0. The molecule has 3 heterocycles. The van der Waals surface area contributed by atoms with Gasteiger partial charge in [0.15, 0.2) is 23.3 Å². The molecule has 0 unspecified atom stereocenters. The molecule has 0 saturated carbocycles. The number of aliphatic hydroxyl groups excluding tert-OH is 1. The number of fused-ring (bicyclic) bond motifs is 1. The number of nitrogens with one attached hydrogen (secondary N) is 1. The molecule has 1 amide bonds. The van der Waals surface area contributed by atoms with Gasteiger partial charge in [0.2, 0.25) is 0 Å². The van der Waals surface area contributed by atoms with E-state index in [1.165, 1.54) is 4.57 Å². The first kappa shape index (κ1) is 24.0. The van der Waals surface area contributed by atoms with E-state index in [0.717, 1.165) is 17.3 Å². The van der Waals surface area contributed by atoms with Gasteiger partial charge in [0.05, 0.1) is 41.4 Å². The zero-order chi connectivity index (χ0) is 25.6. The summed E-state index contributed by atoms with van der Waals surface area (Å²) in [6.07, 6.45) is 4.00. The lowest BCUT2D eigenvalue weighted by Gasteiger charge is -2.28. The van der Waals surface area contributed by atoms with Crippen molar-refractivity contribution in [2.75, 3.05) is 13.2 Å². The van der Waals surface area contributed by atoms with Crippen molar-refractivity contribution in [2.24, 2.45) is 7.05 Å². The zero-order valence-electron chi connectivity index (χ0n) is 19.1. The number of hydrogen-bond acceptors (Lipinski definition) is 4. The number of ether oxygens (including phenoxy) is 1. The maximum Gasteiger partial charge on any atom is 0.253 e. The van der Waals surface area contributed by atoms with E-state index >= 15 is 0 Å². The predicted octanol–water partition coefficient (Wildman–Crippen LogP) is 3.53. The minimum Gasteiger partial charge on any atom is -0.389 e. The molecule has 4 aromatic rings. The third-order valence-corrected chi connectivity index (χ3v) is 6.32. The van der Waals surface area contributed by atoms with Crippen LogP contribution in [0.25, 0.3) is 22.0 Å². The number of rotatable bonds is 5. The minimum atomic E-state index is -2.00. The molecule has 0 spiro atoms. The number of aromatic nitrogens is 3. The van der Waals surface area contributed by atoms with Crippen molar-refractivity contribution in [3.8, 4) is 11.1 Å². The predicted molar refractivity (Wildman–Crippen MR) is 122 cm³/mol. The Labute approximate surface area is 202 Å². The van der Waals surface area contributed by atoms with E-state index in [2.05, 4.69) is 10.4 Å². The first-order chi connectivity index (χ1) is 17.2. The van der Waals surface area contributed by atoms with E-state index in [1.807, 2.05) is 18.3 Å². The second-order valence-electron chi connectivity index (χ2n) is 8.76. The second-order valence-corrected chi connectivity index (χ2v) is 8.76. The van der Waals surface area contributed by atoms with Crippen LogP contribution < -0.4 is 5.32 Å². The first-order valence-corrected chi connectivity index (χ1v) is 11.2. The maximum atomic E-state index is 14.9. The highest BCUT2D eigenvalue weighted by molar-refractivity contribution is 6.07. The Morgan fingerprint density at radius 2 is 1.81 bits per heavy atom. The quantitative estimate of drug-likeness (QED) is 0.249. The molecule has 2 aromatic carbocycles. The van der Waals surface area contributed by atoms with Gasteiger partial charge >= 0.3 is 0 Å². The molecule has 0 radical (unpaired) electrons. The molecule has 0 bridgehead atoms. The van der Waals surface area contributed by atoms with E-state index in [4.69, 9.17) is 4.74 Å². The molecule has 11 heteroatoms. The molecule has 2 aromatic heterocycles. The second kappa shape index (κ2) is 9.40. The van der Waals surface area contributed by atoms with Crippen LogP contribution in [0.1, 0.15) is 22.3 Å². The number of nitrogens with zero attached hydrogens (tertiary/aromatic N) is 3. The normalized spacial score (nSPS) is 18.1. The summed E-state index contributed by atoms with van der Waals surface area (Å²) >= 11 is 0. The number of carbonyl (C=O) groups is 1. The average Bonchev–Trinajstić information content (AvgIpc) is 3.47. The van der Waals surface area contributed by atoms with E-state index in [9.17, 15) is 27.5 Å². The van der Waals surface area contributed by atoms with Crippen molar-refractivity contribution in [1.82, 2.24) is 19.7 Å². The van der Waals surface area contributed by atoms with Crippen molar-refractivity contribution in [2.45, 2.75) is 25.1 Å². The topological polar surface area (TPSA) is 81.3 Å². The lowest BCUT2D eigenvalue weighted by molar-refractivity contribution is -0.0260. The molecule has 1 aliphatic rings. The highest BCUT2D eigenvalue weighted by Crippen LogP contribution is 2.32. The van der Waals surface area contributed by atoms with Crippen LogP contribution in [-0.2, 0) is 18.3 Å². The molecule has 7 nitrogen and oxygen atoms in total. The highest BCUT2D eigenvalue weighted by Gasteiger charge is 2.31. The smallest absolute Gasteiger partial charge is 0.253 e. The van der Waals surface area contributed by atoms with Gasteiger partial charge < -0.3 is 19.7 Å². The van der Waals surface area contributed by atoms with Gasteiger partial charge in [-0.15, -0.1) is 0 Å². The Hall–Kier alpha value is -3.70. The van der Waals surface area contributed by atoms with Crippen LogP contribution >= 0.6 is 0 Å². The van der Waals surface area contributed by atoms with Crippen molar-refractivity contribution < 1.29 is 32.2 Å². The Balaban J connectivity index is 1.53. The van der Waals surface area contributed by atoms with Crippen LogP contribution in [0.5, 0.6) is 0 Å². The van der Waals surface area contributed by atoms with Crippen LogP contribution in [0, 0.1) is 23.3 Å². The fourth-order valence-corrected chi connectivity index (χ4v) is 4.42. The Kier molecular flexibility index (Phi) is 6.27. The molecular formula is C25H22F4N4O3. The summed E-state index contributed by atoms with van der Waals surface area (Å²) in [7, 11) is 1.79. The molecular weight excluding hydrogens is 480 g/mol. The van der Waals surface area contributed by atoms with Crippen LogP contribution in [-0.4, -0.2) is 50.7 Å². The third kappa shape index (κ3) is 4.24. The lowest BCUT2D eigenvalue weighted by Crippen LogP contribution is -2.48. The van der Waals surface area contributed by atoms with Gasteiger partial charge in [-0.2, -0.15) is 5.10 Å². The summed E-state index contributed by atoms with van der Waals surface area (Å²) in [6, 6.07) is 6.44. The maximum absolute atomic E-state index is 14.9. The zero-order valence-corrected chi connectivity index (χ0v) is 19.1. The van der Waals surface area contributed by atoms with E-state index in [0.29, 0.717) is 18.6 Å². The number of hydrogen-bond donors (Lipinski definition) is 2. The number of aryl methyl sites for hydroxylation is 1. The van der Waals surface area contributed by atoms with Crippen LogP contribution in [0.15, 0.2) is 42.9 Å². The standard InChI is InChI=1S/C25H22F4N4O3/c1-32-10-15(8-30-32)14-4-2-13(3-5-14)9-33-11-16(25(35)31-17-6-7-36-12-18(17)34)19-20(26)21(27)22(28)23(29)24(19)33/h2-5,8,10-11,17-18,34H,6-7,9,12H2,1H3,(H,31,35)/t17-,18-/m0/s1. The molecule has 1 fully saturated rings. The number of carbonyl (C=O) groups excluding carboxylic acids is 1. The Bertz CT molecular complexity index is 1450. The summed E-state index contributed by atoms with van der Waals surface area (Å²) in [6.45, 7) is 0.255. The van der Waals surface area contributed by atoms with Crippen LogP contribution in [0.2, 0.25) is 0 Å². The van der Waals surface area contributed by atoms with Gasteiger partial charge in [0.1, 0.15) is 0 Å². The number of amides is 1. The van der Waals surface area contributed by atoms with Crippen molar-refractivity contribution in [1.29, 1.82) is 0 Å². The average molecular weight is 502 g/mol. The van der Waals surface area contributed by atoms with Crippen molar-refractivity contribution >= 4 is 16.8 Å². The molecule has 0 aliphatic carbocycles. The van der Waals surface area contributed by atoms with Crippen molar-refractivity contribution in [3.63, 3.8) is 0 Å². The largest absolute Gasteiger partial charge is 0.389 e. The van der Waals surface area contributed by atoms with Gasteiger partial charge in [-0.05, 0) is 17.5 Å². The van der Waals surface area contributed by atoms with E-state index in [1.54, 1.807) is 30.1 Å². The number of aliphatic hydroxyl groups is 1. The minimum absolute atomic E-state index is 0.00454. The fourth-order valence-electron chi connectivity index (χ4n) is 4.42. The molecule has 36 heavy (non-hydrogen) atoms. The van der Waals surface area contributed by atoms with Gasteiger partial charge in [0, 0.05) is 38.2 Å². The van der Waals surface area contributed by atoms with Gasteiger partial charge in [0.25, 0.3) is 5.91 Å². The monoisotopic (exact) mass is 502 g/mol. The lowest BCUT2D eigenvalue weighted by atomic mass is 10.0. The molecule has 1 saturated heterocycles. The Morgan fingerprint density at radius 3 is 2.47 bits per heavy atom. The summed E-state index contributed by atoms with van der Waals surface area (Å²) in [5, 5.41) is 16.1. The van der Waals surface area contributed by atoms with Crippen LogP contribution in [0.3, 0.4) is 0 Å². The molecule has 2 atom stereocenters. The van der Waals surface area contributed by atoms with Gasteiger partial charge in [-0.3, -0.25) is 9.48 Å². The fraction of sp³-hybridized carbons (Fsp3) is 0.280. The molecule has 188 valence electrons. The number of halogens is 4. The van der Waals surface area contributed by atoms with E-state index in [-0.39, 0.29) is 18.7 Å². The summed E-state index contributed by atoms with van der Waals surface area (Å²) in [5.41, 5.74) is 1.47. The molecule has 1 aliphatic heterocycles. The van der Waals surface area contributed by atoms with Crippen molar-refractivity contribution in [3.05, 3.63) is 77.3 Å². The Morgan fingerprint density at radius 1 is 1.08 bits per heavy atom. The summed E-state index contributed by atoms with van der Waals surface area (Å²) in [5.74, 6) is -8.06. The SMILES string of the molecule is Cn1cc(-c2ccc(Cn3cc(C(=O)N[C@H]4CCOC[C@@H]4O)c4c(F)c(F)c(F)c(F)c43)cc2)cn1. The third-order valence-electron chi connectivity index (χ3n) is 6.32. The highest BCUT2D eigenvalue weighted by atomic mass is 19.2. The molecule has 5 rings (SSSR count). The number of benzene rings is 2. The molecule has 2 N–H and O–H groups in total. The first-order valence-electron chi connectivity index (χ1n) is 11.2. The van der Waals surface area contributed by atoms with Gasteiger partial charge in [-0.1, -0.05) is 24.3 Å². The summed E-state index contributed by atoms with van der Waals surface area (Å²) < 4.78 is 66.0. The van der Waals surface area contributed by atoms with Crippen LogP contribution in [0.4, 0.5) is 17.6 Å². The van der Waals surface area contributed by atoms with Gasteiger partial charge in [-0.25, -0.2) is 17.6 Å².